The molecule has 0 saturated heterocycles. The van der Waals surface area contributed by atoms with Gasteiger partial charge in [-0.05, 0) is 25.1 Å². The summed E-state index contributed by atoms with van der Waals surface area (Å²) in [6, 6.07) is 3.99. The van der Waals surface area contributed by atoms with Gasteiger partial charge in [-0.1, -0.05) is 0 Å². The molecule has 1 aromatic carbocycles. The van der Waals surface area contributed by atoms with Crippen molar-refractivity contribution in [3.63, 3.8) is 0 Å². The Balaban J connectivity index is 2.79. The molecule has 0 aliphatic rings. The minimum Gasteiger partial charge on any atom is -0.497 e. The lowest BCUT2D eigenvalue weighted by molar-refractivity contribution is -0.126. The van der Waals surface area contributed by atoms with Crippen LogP contribution in [0.3, 0.4) is 0 Å². The van der Waals surface area contributed by atoms with Crippen molar-refractivity contribution < 1.29 is 23.9 Å². The number of imide groups is 1. The second-order valence-corrected chi connectivity index (χ2v) is 3.85. The predicted octanol–water partition coefficient (Wildman–Crippen LogP) is 0.731. The number of rotatable bonds is 5. The maximum Gasteiger partial charge on any atom is 0.321 e. The number of benzene rings is 1. The van der Waals surface area contributed by atoms with E-state index in [4.69, 9.17) is 9.47 Å². The highest BCUT2D eigenvalue weighted by Gasteiger charge is 2.18. The van der Waals surface area contributed by atoms with E-state index in [-0.39, 0.29) is 11.3 Å². The van der Waals surface area contributed by atoms with Crippen LogP contribution >= 0.6 is 0 Å². The van der Waals surface area contributed by atoms with Crippen LogP contribution in [-0.2, 0) is 4.79 Å². The molecule has 0 aromatic heterocycles. The molecule has 1 aromatic rings. The molecule has 0 aliphatic heterocycles. The van der Waals surface area contributed by atoms with Gasteiger partial charge >= 0.3 is 6.03 Å². The van der Waals surface area contributed by atoms with Crippen LogP contribution in [-0.4, -0.2) is 38.5 Å². The van der Waals surface area contributed by atoms with Crippen molar-refractivity contribution in [1.82, 2.24) is 10.6 Å². The van der Waals surface area contributed by atoms with Gasteiger partial charge in [0.1, 0.15) is 11.5 Å². The van der Waals surface area contributed by atoms with Crippen molar-refractivity contribution in [2.75, 3.05) is 14.2 Å². The average molecular weight is 280 g/mol. The number of carbonyl (C=O) groups excluding carboxylic acids is 3. The Morgan fingerprint density at radius 1 is 1.35 bits per heavy atom. The maximum absolute atomic E-state index is 11.6. The van der Waals surface area contributed by atoms with E-state index in [1.54, 1.807) is 6.07 Å². The molecule has 2 N–H and O–H groups in total. The second kappa shape index (κ2) is 7.13. The van der Waals surface area contributed by atoms with Crippen molar-refractivity contribution >= 4 is 18.2 Å². The number of urea groups is 1. The van der Waals surface area contributed by atoms with Crippen molar-refractivity contribution in [3.05, 3.63) is 23.8 Å². The highest BCUT2D eigenvalue weighted by molar-refractivity contribution is 5.96. The summed E-state index contributed by atoms with van der Waals surface area (Å²) in [5.74, 6) is 0.124. The molecule has 0 saturated carbocycles. The van der Waals surface area contributed by atoms with Gasteiger partial charge in [0.05, 0.1) is 12.7 Å². The van der Waals surface area contributed by atoms with E-state index in [1.165, 1.54) is 33.2 Å². The first-order valence-corrected chi connectivity index (χ1v) is 5.84. The third kappa shape index (κ3) is 3.98. The molecule has 7 nitrogen and oxygen atoms in total. The first-order chi connectivity index (χ1) is 9.51. The number of hydrogen-bond donors (Lipinski definition) is 2. The zero-order valence-corrected chi connectivity index (χ0v) is 11.4. The van der Waals surface area contributed by atoms with Gasteiger partial charge in [0, 0.05) is 7.05 Å². The monoisotopic (exact) mass is 280 g/mol. The van der Waals surface area contributed by atoms with Gasteiger partial charge in [-0.2, -0.15) is 0 Å². The summed E-state index contributed by atoms with van der Waals surface area (Å²) >= 11 is 0. The van der Waals surface area contributed by atoms with Gasteiger partial charge in [-0.25, -0.2) is 4.79 Å². The summed E-state index contributed by atoms with van der Waals surface area (Å²) in [6.07, 6.45) is -0.333. The average Bonchev–Trinajstić information content (AvgIpc) is 2.47. The molecular weight excluding hydrogens is 264 g/mol. The van der Waals surface area contributed by atoms with E-state index in [0.29, 0.717) is 12.0 Å². The molecule has 0 spiro atoms. The number of aldehydes is 1. The van der Waals surface area contributed by atoms with Crippen LogP contribution in [0.25, 0.3) is 0 Å². The Bertz CT molecular complexity index is 515. The number of amides is 3. The molecule has 0 aliphatic carbocycles. The highest BCUT2D eigenvalue weighted by Crippen LogP contribution is 2.23. The lowest BCUT2D eigenvalue weighted by Crippen LogP contribution is -2.44. The Kier molecular flexibility index (Phi) is 5.52. The third-order valence-corrected chi connectivity index (χ3v) is 2.48. The Labute approximate surface area is 116 Å². The number of carbonyl (C=O) groups is 3. The van der Waals surface area contributed by atoms with Crippen LogP contribution in [0.2, 0.25) is 0 Å². The largest absolute Gasteiger partial charge is 0.497 e. The van der Waals surface area contributed by atoms with E-state index < -0.39 is 18.0 Å². The molecule has 0 bridgehead atoms. The normalized spacial score (nSPS) is 11.2. The number of nitrogens with one attached hydrogen (secondary N) is 2. The topological polar surface area (TPSA) is 93.7 Å². The van der Waals surface area contributed by atoms with Crippen LogP contribution in [0.5, 0.6) is 11.5 Å². The lowest BCUT2D eigenvalue weighted by Gasteiger charge is -2.15. The number of hydrogen-bond acceptors (Lipinski definition) is 5. The molecule has 1 rings (SSSR count). The number of methoxy groups -OCH3 is 1. The first-order valence-electron chi connectivity index (χ1n) is 5.84. The van der Waals surface area contributed by atoms with E-state index in [0.717, 1.165) is 0 Å². The standard InChI is InChI=1S/C13H16N2O5/c1-8(12(17)15-13(18)14-2)20-11-5-4-10(19-3)6-9(11)7-16/h4-8H,1-3H3,(H2,14,15,17,18)/t8-/m1/s1. The molecule has 7 heteroatoms. The van der Waals surface area contributed by atoms with Crippen molar-refractivity contribution in [2.45, 2.75) is 13.0 Å². The summed E-state index contributed by atoms with van der Waals surface area (Å²) in [7, 11) is 2.87. The van der Waals surface area contributed by atoms with E-state index in [9.17, 15) is 14.4 Å². The fourth-order valence-corrected chi connectivity index (χ4v) is 1.37. The molecule has 1 atom stereocenters. The summed E-state index contributed by atoms with van der Waals surface area (Å²) < 4.78 is 10.3. The lowest BCUT2D eigenvalue weighted by atomic mass is 10.2. The maximum atomic E-state index is 11.6. The quantitative estimate of drug-likeness (QED) is 0.775. The number of ether oxygens (including phenoxy) is 2. The van der Waals surface area contributed by atoms with Gasteiger partial charge in [0.25, 0.3) is 5.91 Å². The first kappa shape index (κ1) is 15.5. The Morgan fingerprint density at radius 2 is 2.05 bits per heavy atom. The highest BCUT2D eigenvalue weighted by atomic mass is 16.5. The van der Waals surface area contributed by atoms with Crippen molar-refractivity contribution in [3.8, 4) is 11.5 Å². The summed E-state index contributed by atoms with van der Waals surface area (Å²) in [6.45, 7) is 1.47. The summed E-state index contributed by atoms with van der Waals surface area (Å²) in [5, 5.41) is 4.34. The van der Waals surface area contributed by atoms with Crippen LogP contribution < -0.4 is 20.1 Å². The molecule has 0 fully saturated rings. The summed E-state index contributed by atoms with van der Waals surface area (Å²) in [5.41, 5.74) is 0.254. The van der Waals surface area contributed by atoms with E-state index in [1.807, 2.05) is 0 Å². The summed E-state index contributed by atoms with van der Waals surface area (Å²) in [4.78, 5) is 33.6. The smallest absolute Gasteiger partial charge is 0.321 e. The van der Waals surface area contributed by atoms with Crippen LogP contribution in [0, 0.1) is 0 Å². The predicted molar refractivity (Wildman–Crippen MR) is 71.1 cm³/mol. The molecule has 0 heterocycles. The molecule has 3 amide bonds. The van der Waals surface area contributed by atoms with Crippen LogP contribution in [0.1, 0.15) is 17.3 Å². The van der Waals surface area contributed by atoms with Crippen LogP contribution in [0.4, 0.5) is 4.79 Å². The van der Waals surface area contributed by atoms with Gasteiger partial charge in [0.15, 0.2) is 12.4 Å². The minimum absolute atomic E-state index is 0.236. The SMILES string of the molecule is CNC(=O)NC(=O)[C@@H](C)Oc1ccc(OC)cc1C=O. The van der Waals surface area contributed by atoms with Crippen molar-refractivity contribution in [2.24, 2.45) is 0 Å². The molecular formula is C13H16N2O5. The Morgan fingerprint density at radius 3 is 2.60 bits per heavy atom. The zero-order chi connectivity index (χ0) is 15.1. The molecule has 20 heavy (non-hydrogen) atoms. The van der Waals surface area contributed by atoms with Gasteiger partial charge in [0.2, 0.25) is 0 Å². The van der Waals surface area contributed by atoms with E-state index in [2.05, 4.69) is 10.6 Å². The zero-order valence-electron chi connectivity index (χ0n) is 11.4. The van der Waals surface area contributed by atoms with Gasteiger partial charge < -0.3 is 14.8 Å². The molecule has 0 unspecified atom stereocenters. The van der Waals surface area contributed by atoms with Crippen LogP contribution in [0.15, 0.2) is 18.2 Å². The Hall–Kier alpha value is -2.57. The molecule has 108 valence electrons. The van der Waals surface area contributed by atoms with Gasteiger partial charge in [-0.3, -0.25) is 14.9 Å². The molecule has 0 radical (unpaired) electrons. The van der Waals surface area contributed by atoms with Crippen molar-refractivity contribution in [1.29, 1.82) is 0 Å². The third-order valence-electron chi connectivity index (χ3n) is 2.48. The van der Waals surface area contributed by atoms with E-state index >= 15 is 0 Å². The minimum atomic E-state index is -0.931. The fourth-order valence-electron chi connectivity index (χ4n) is 1.37. The second-order valence-electron chi connectivity index (χ2n) is 3.85. The van der Waals surface area contributed by atoms with Gasteiger partial charge in [-0.15, -0.1) is 0 Å². The fraction of sp³-hybridized carbons (Fsp3) is 0.308.